The molecule has 2 aromatic carbocycles. The van der Waals surface area contributed by atoms with E-state index in [4.69, 9.17) is 15.2 Å². The lowest BCUT2D eigenvalue weighted by molar-refractivity contribution is -0.120. The number of amides is 2. The highest BCUT2D eigenvalue weighted by atomic mass is 16.5. The fraction of sp³-hybridized carbons (Fsp3) is 0.273. The molecular weight excluding hydrogens is 356 g/mol. The van der Waals surface area contributed by atoms with Gasteiger partial charge >= 0.3 is 0 Å². The molecular formula is C22H24N2O4. The number of methoxy groups -OCH3 is 2. The molecule has 0 aromatic heterocycles. The molecule has 2 amide bonds. The van der Waals surface area contributed by atoms with Crippen LogP contribution in [0.4, 0.5) is 5.69 Å². The van der Waals surface area contributed by atoms with E-state index in [-0.39, 0.29) is 23.8 Å². The number of carbonyl (C=O) groups is 2. The average molecular weight is 380 g/mol. The molecule has 1 aliphatic rings. The van der Waals surface area contributed by atoms with E-state index in [1.807, 2.05) is 43.3 Å². The zero-order chi connectivity index (χ0) is 20.3. The largest absolute Gasteiger partial charge is 0.497 e. The topological polar surface area (TPSA) is 81.9 Å². The third-order valence-electron chi connectivity index (χ3n) is 4.96. The Bertz CT molecular complexity index is 900. The first-order valence-corrected chi connectivity index (χ1v) is 9.07. The van der Waals surface area contributed by atoms with E-state index in [2.05, 4.69) is 0 Å². The number of primary amides is 1. The van der Waals surface area contributed by atoms with Crippen LogP contribution in [0.3, 0.4) is 0 Å². The molecule has 0 saturated heterocycles. The summed E-state index contributed by atoms with van der Waals surface area (Å²) in [7, 11) is 3.16. The lowest BCUT2D eigenvalue weighted by Crippen LogP contribution is -2.44. The average Bonchev–Trinajstić information content (AvgIpc) is 2.70. The third-order valence-corrected chi connectivity index (χ3v) is 4.96. The number of hydrogen-bond acceptors (Lipinski definition) is 4. The molecule has 6 heteroatoms. The van der Waals surface area contributed by atoms with Gasteiger partial charge < -0.3 is 20.1 Å². The second-order valence-electron chi connectivity index (χ2n) is 6.79. The summed E-state index contributed by atoms with van der Waals surface area (Å²) in [4.78, 5) is 26.6. The summed E-state index contributed by atoms with van der Waals surface area (Å²) < 4.78 is 10.5. The number of ether oxygens (including phenoxy) is 2. The molecule has 3 rings (SSSR count). The predicted molar refractivity (Wildman–Crippen MR) is 109 cm³/mol. The maximum Gasteiger partial charge on any atom is 0.251 e. The smallest absolute Gasteiger partial charge is 0.251 e. The minimum atomic E-state index is -0.387. The molecule has 0 fully saturated rings. The standard InChI is InChI=1S/C22H24N2O4/c1-14-10-19(22(23)26)18-6-4-5-7-20(18)24(14)21(25)9-8-15-11-16(27-2)13-17(12-15)28-3/h4-9,11-14,19H,10H2,1-3H3,(H2,23,26)/b9-8+/t14-,19+/m0/s1. The van der Waals surface area contributed by atoms with Gasteiger partial charge in [0.25, 0.3) is 5.91 Å². The number of rotatable bonds is 5. The summed E-state index contributed by atoms with van der Waals surface area (Å²) in [6, 6.07) is 12.7. The van der Waals surface area contributed by atoms with E-state index in [1.165, 1.54) is 6.08 Å². The molecule has 28 heavy (non-hydrogen) atoms. The fourth-order valence-corrected chi connectivity index (χ4v) is 3.59. The summed E-state index contributed by atoms with van der Waals surface area (Å²) in [6.07, 6.45) is 3.74. The Balaban J connectivity index is 1.91. The molecule has 0 saturated carbocycles. The SMILES string of the molecule is COc1cc(/C=C/C(=O)N2c3ccccc3[C@H](C(N)=O)C[C@@H]2C)cc(OC)c1. The van der Waals surface area contributed by atoms with Gasteiger partial charge in [-0.3, -0.25) is 9.59 Å². The number of para-hydroxylation sites is 1. The van der Waals surface area contributed by atoms with Gasteiger partial charge in [-0.05, 0) is 48.7 Å². The van der Waals surface area contributed by atoms with Crippen LogP contribution in [0, 0.1) is 0 Å². The molecule has 2 aromatic rings. The van der Waals surface area contributed by atoms with Crippen molar-refractivity contribution >= 4 is 23.6 Å². The van der Waals surface area contributed by atoms with Gasteiger partial charge in [-0.2, -0.15) is 0 Å². The molecule has 0 bridgehead atoms. The van der Waals surface area contributed by atoms with E-state index in [0.717, 1.165) is 16.8 Å². The van der Waals surface area contributed by atoms with E-state index in [0.29, 0.717) is 17.9 Å². The van der Waals surface area contributed by atoms with Gasteiger partial charge in [0.2, 0.25) is 5.91 Å². The first kappa shape index (κ1) is 19.5. The van der Waals surface area contributed by atoms with Crippen molar-refractivity contribution in [2.75, 3.05) is 19.1 Å². The second kappa shape index (κ2) is 8.17. The van der Waals surface area contributed by atoms with E-state index in [1.54, 1.807) is 31.3 Å². The molecule has 0 radical (unpaired) electrons. The molecule has 0 spiro atoms. The van der Waals surface area contributed by atoms with Crippen molar-refractivity contribution in [2.45, 2.75) is 25.3 Å². The summed E-state index contributed by atoms with van der Waals surface area (Å²) in [5.74, 6) is 0.372. The monoisotopic (exact) mass is 380 g/mol. The number of nitrogens with zero attached hydrogens (tertiary/aromatic N) is 1. The number of benzene rings is 2. The molecule has 1 aliphatic heterocycles. The second-order valence-corrected chi connectivity index (χ2v) is 6.79. The van der Waals surface area contributed by atoms with Crippen LogP contribution in [0.25, 0.3) is 6.08 Å². The van der Waals surface area contributed by atoms with Crippen LogP contribution in [0.5, 0.6) is 11.5 Å². The first-order chi connectivity index (χ1) is 13.4. The number of anilines is 1. The van der Waals surface area contributed by atoms with Crippen molar-refractivity contribution in [3.05, 3.63) is 59.7 Å². The normalized spacial score (nSPS) is 18.6. The van der Waals surface area contributed by atoms with Gasteiger partial charge in [-0.15, -0.1) is 0 Å². The van der Waals surface area contributed by atoms with Crippen LogP contribution in [-0.2, 0) is 9.59 Å². The van der Waals surface area contributed by atoms with Gasteiger partial charge in [-0.1, -0.05) is 18.2 Å². The van der Waals surface area contributed by atoms with Gasteiger partial charge in [0, 0.05) is 23.9 Å². The van der Waals surface area contributed by atoms with Crippen molar-refractivity contribution in [1.82, 2.24) is 0 Å². The lowest BCUT2D eigenvalue weighted by Gasteiger charge is -2.37. The summed E-state index contributed by atoms with van der Waals surface area (Å²) >= 11 is 0. The highest BCUT2D eigenvalue weighted by Gasteiger charge is 2.35. The Kier molecular flexibility index (Phi) is 5.68. The first-order valence-electron chi connectivity index (χ1n) is 9.07. The van der Waals surface area contributed by atoms with Crippen LogP contribution in [0.2, 0.25) is 0 Å². The maximum atomic E-state index is 13.0. The number of fused-ring (bicyclic) bond motifs is 1. The van der Waals surface area contributed by atoms with Gasteiger partial charge in [0.05, 0.1) is 20.1 Å². The van der Waals surface area contributed by atoms with Crippen molar-refractivity contribution in [1.29, 1.82) is 0 Å². The molecule has 2 atom stereocenters. The quantitative estimate of drug-likeness (QED) is 0.808. The number of nitrogens with two attached hydrogens (primary N) is 1. The molecule has 0 aliphatic carbocycles. The van der Waals surface area contributed by atoms with Crippen LogP contribution in [0.15, 0.2) is 48.5 Å². The van der Waals surface area contributed by atoms with Crippen LogP contribution >= 0.6 is 0 Å². The molecule has 2 N–H and O–H groups in total. The van der Waals surface area contributed by atoms with Crippen molar-refractivity contribution in [3.63, 3.8) is 0 Å². The summed E-state index contributed by atoms with van der Waals surface area (Å²) in [6.45, 7) is 1.92. The van der Waals surface area contributed by atoms with Crippen molar-refractivity contribution in [3.8, 4) is 11.5 Å². The highest BCUT2D eigenvalue weighted by Crippen LogP contribution is 2.38. The summed E-state index contributed by atoms with van der Waals surface area (Å²) in [5.41, 5.74) is 7.88. The Morgan fingerprint density at radius 2 is 1.75 bits per heavy atom. The molecule has 6 nitrogen and oxygen atoms in total. The lowest BCUT2D eigenvalue weighted by atomic mass is 9.85. The van der Waals surface area contributed by atoms with Crippen LogP contribution in [-0.4, -0.2) is 32.1 Å². The highest BCUT2D eigenvalue weighted by molar-refractivity contribution is 6.06. The molecule has 0 unspecified atom stereocenters. The van der Waals surface area contributed by atoms with E-state index < -0.39 is 0 Å². The van der Waals surface area contributed by atoms with Gasteiger partial charge in [-0.25, -0.2) is 0 Å². The van der Waals surface area contributed by atoms with E-state index in [9.17, 15) is 9.59 Å². The van der Waals surface area contributed by atoms with Crippen molar-refractivity contribution in [2.24, 2.45) is 5.73 Å². The minimum absolute atomic E-state index is 0.149. The van der Waals surface area contributed by atoms with Gasteiger partial charge in [0.15, 0.2) is 0 Å². The minimum Gasteiger partial charge on any atom is -0.497 e. The van der Waals surface area contributed by atoms with Gasteiger partial charge in [0.1, 0.15) is 11.5 Å². The zero-order valence-corrected chi connectivity index (χ0v) is 16.2. The van der Waals surface area contributed by atoms with Crippen molar-refractivity contribution < 1.29 is 19.1 Å². The van der Waals surface area contributed by atoms with E-state index >= 15 is 0 Å². The fourth-order valence-electron chi connectivity index (χ4n) is 3.59. The van der Waals surface area contributed by atoms with Crippen LogP contribution < -0.4 is 20.1 Å². The number of carbonyl (C=O) groups excluding carboxylic acids is 2. The third kappa shape index (κ3) is 3.86. The van der Waals surface area contributed by atoms with Crippen LogP contribution in [0.1, 0.15) is 30.4 Å². The number of hydrogen-bond donors (Lipinski definition) is 1. The maximum absolute atomic E-state index is 13.0. The molecule has 146 valence electrons. The Hall–Kier alpha value is -3.28. The zero-order valence-electron chi connectivity index (χ0n) is 16.2. The Labute approximate surface area is 164 Å². The summed E-state index contributed by atoms with van der Waals surface area (Å²) in [5, 5.41) is 0. The predicted octanol–water partition coefficient (Wildman–Crippen LogP) is 3.11. The Morgan fingerprint density at radius 3 is 2.36 bits per heavy atom. The molecule has 1 heterocycles. The Morgan fingerprint density at radius 1 is 1.11 bits per heavy atom.